The van der Waals surface area contributed by atoms with E-state index in [4.69, 9.17) is 0 Å². The molecule has 0 fully saturated rings. The van der Waals surface area contributed by atoms with Crippen LogP contribution in [0.2, 0.25) is 0 Å². The maximum atomic E-state index is 11.9. The summed E-state index contributed by atoms with van der Waals surface area (Å²) in [7, 11) is 0. The first-order chi connectivity index (χ1) is 8.71. The van der Waals surface area contributed by atoms with Crippen molar-refractivity contribution in [2.75, 3.05) is 19.6 Å². The fourth-order valence-electron chi connectivity index (χ4n) is 1.45. The average molecular weight is 294 g/mol. The smallest absolute Gasteiger partial charge is 0.354 e. The predicted molar refractivity (Wildman–Crippen MR) is 69.3 cm³/mol. The Kier molecular flexibility index (Phi) is 5.37. The van der Waals surface area contributed by atoms with Gasteiger partial charge in [-0.3, -0.25) is 4.79 Å². The van der Waals surface area contributed by atoms with Gasteiger partial charge in [0.2, 0.25) is 5.91 Å². The quantitative estimate of drug-likeness (QED) is 0.845. The molecule has 1 amide bonds. The minimum absolute atomic E-state index is 0.228. The molecular formula is C12H17F3N2OS. The molecule has 19 heavy (non-hydrogen) atoms. The van der Waals surface area contributed by atoms with Crippen LogP contribution in [0, 0.1) is 0 Å². The summed E-state index contributed by atoms with van der Waals surface area (Å²) in [6.07, 6.45) is -4.30. The van der Waals surface area contributed by atoms with E-state index >= 15 is 0 Å². The van der Waals surface area contributed by atoms with E-state index in [-0.39, 0.29) is 12.0 Å². The van der Waals surface area contributed by atoms with Crippen molar-refractivity contribution in [2.24, 2.45) is 0 Å². The Balaban J connectivity index is 2.30. The van der Waals surface area contributed by atoms with E-state index in [1.54, 1.807) is 11.3 Å². The first-order valence-corrected chi connectivity index (χ1v) is 6.67. The zero-order valence-electron chi connectivity index (χ0n) is 10.8. The summed E-state index contributed by atoms with van der Waals surface area (Å²) in [6.45, 7) is 2.85. The van der Waals surface area contributed by atoms with Crippen molar-refractivity contribution in [3.63, 3.8) is 0 Å². The van der Waals surface area contributed by atoms with Gasteiger partial charge in [0.05, 0.1) is 13.1 Å². The molecule has 108 valence electrons. The van der Waals surface area contributed by atoms with Crippen molar-refractivity contribution >= 4 is 17.2 Å². The van der Waals surface area contributed by atoms with Crippen molar-refractivity contribution in [3.8, 4) is 0 Å². The van der Waals surface area contributed by atoms with Gasteiger partial charge in [-0.15, -0.1) is 11.3 Å². The second kappa shape index (κ2) is 6.38. The molecular weight excluding hydrogens is 277 g/mol. The highest BCUT2D eigenvalue weighted by Crippen LogP contribution is 2.26. The molecule has 0 saturated heterocycles. The van der Waals surface area contributed by atoms with Crippen LogP contribution >= 0.6 is 11.3 Å². The molecule has 1 heterocycles. The Bertz CT molecular complexity index is 402. The Morgan fingerprint density at radius 1 is 1.32 bits per heavy atom. The molecule has 1 rings (SSSR count). The monoisotopic (exact) mass is 294 g/mol. The lowest BCUT2D eigenvalue weighted by Crippen LogP contribution is -2.42. The number of amides is 1. The molecule has 7 heteroatoms. The van der Waals surface area contributed by atoms with Crippen molar-refractivity contribution < 1.29 is 18.0 Å². The summed E-state index contributed by atoms with van der Waals surface area (Å²) in [5, 5.41) is 6.65. The molecule has 1 aromatic heterocycles. The molecule has 3 nitrogen and oxygen atoms in total. The Morgan fingerprint density at radius 3 is 2.53 bits per heavy atom. The van der Waals surface area contributed by atoms with E-state index < -0.39 is 18.6 Å². The largest absolute Gasteiger partial charge is 0.401 e. The SMILES string of the molecule is CC(C)(CNC(=O)CNCC(F)(F)F)c1cccs1. The number of carbonyl (C=O) groups excluding carboxylic acids is 1. The van der Waals surface area contributed by atoms with Crippen molar-refractivity contribution in [1.82, 2.24) is 10.6 Å². The molecule has 0 atom stereocenters. The standard InChI is InChI=1S/C12H17F3N2OS/c1-11(2,9-4-3-5-19-9)7-17-10(18)6-16-8-12(13,14)15/h3-5,16H,6-8H2,1-2H3,(H,17,18). The summed E-state index contributed by atoms with van der Waals surface area (Å²) in [5.74, 6) is -0.436. The summed E-state index contributed by atoms with van der Waals surface area (Å²) < 4.78 is 35.6. The van der Waals surface area contributed by atoms with Crippen LogP contribution in [-0.2, 0) is 10.2 Å². The van der Waals surface area contributed by atoms with Crippen LogP contribution in [0.3, 0.4) is 0 Å². The van der Waals surface area contributed by atoms with Gasteiger partial charge in [-0.25, -0.2) is 0 Å². The highest BCUT2D eigenvalue weighted by molar-refractivity contribution is 7.10. The molecule has 0 unspecified atom stereocenters. The Morgan fingerprint density at radius 2 is 2.00 bits per heavy atom. The molecule has 0 bridgehead atoms. The van der Waals surface area contributed by atoms with Crippen LogP contribution in [-0.4, -0.2) is 31.7 Å². The number of carbonyl (C=O) groups is 1. The van der Waals surface area contributed by atoms with Crippen LogP contribution in [0.4, 0.5) is 13.2 Å². The van der Waals surface area contributed by atoms with E-state index in [9.17, 15) is 18.0 Å². The minimum Gasteiger partial charge on any atom is -0.354 e. The fourth-order valence-corrected chi connectivity index (χ4v) is 2.30. The molecule has 0 aromatic carbocycles. The molecule has 0 radical (unpaired) electrons. The summed E-state index contributed by atoms with van der Waals surface area (Å²) in [4.78, 5) is 12.5. The summed E-state index contributed by atoms with van der Waals surface area (Å²) in [5.41, 5.74) is -0.228. The van der Waals surface area contributed by atoms with E-state index in [0.29, 0.717) is 6.54 Å². The second-order valence-corrected chi connectivity index (χ2v) is 5.80. The molecule has 0 spiro atoms. The van der Waals surface area contributed by atoms with E-state index in [1.807, 2.05) is 31.4 Å². The summed E-state index contributed by atoms with van der Waals surface area (Å²) in [6, 6.07) is 3.90. The minimum atomic E-state index is -4.30. The van der Waals surface area contributed by atoms with Gasteiger partial charge >= 0.3 is 6.18 Å². The number of thiophene rings is 1. The number of nitrogens with one attached hydrogen (secondary N) is 2. The van der Waals surface area contributed by atoms with Crippen LogP contribution in [0.5, 0.6) is 0 Å². The normalized spacial score (nSPS) is 12.5. The molecule has 0 aliphatic carbocycles. The van der Waals surface area contributed by atoms with Gasteiger partial charge in [0.15, 0.2) is 0 Å². The fraction of sp³-hybridized carbons (Fsp3) is 0.583. The average Bonchev–Trinajstić information content (AvgIpc) is 2.78. The lowest BCUT2D eigenvalue weighted by atomic mass is 9.91. The molecule has 1 aromatic rings. The van der Waals surface area contributed by atoms with Crippen molar-refractivity contribution in [2.45, 2.75) is 25.4 Å². The van der Waals surface area contributed by atoms with Crippen LogP contribution in [0.15, 0.2) is 17.5 Å². The second-order valence-electron chi connectivity index (χ2n) is 4.86. The van der Waals surface area contributed by atoms with Gasteiger partial charge in [0.1, 0.15) is 0 Å². The van der Waals surface area contributed by atoms with Gasteiger partial charge in [-0.1, -0.05) is 19.9 Å². The lowest BCUT2D eigenvalue weighted by Gasteiger charge is -2.23. The van der Waals surface area contributed by atoms with Crippen LogP contribution in [0.1, 0.15) is 18.7 Å². The third-order valence-corrected chi connectivity index (χ3v) is 3.76. The third kappa shape index (κ3) is 6.07. The molecule has 0 saturated carbocycles. The zero-order chi connectivity index (χ0) is 14.5. The summed E-state index contributed by atoms with van der Waals surface area (Å²) >= 11 is 1.59. The predicted octanol–water partition coefficient (Wildman–Crippen LogP) is 2.29. The molecule has 0 aliphatic heterocycles. The lowest BCUT2D eigenvalue weighted by molar-refractivity contribution is -0.128. The van der Waals surface area contributed by atoms with Crippen LogP contribution in [0.25, 0.3) is 0 Å². The highest BCUT2D eigenvalue weighted by Gasteiger charge is 2.27. The Hall–Kier alpha value is -1.08. The topological polar surface area (TPSA) is 41.1 Å². The van der Waals surface area contributed by atoms with Gasteiger partial charge in [0, 0.05) is 16.8 Å². The van der Waals surface area contributed by atoms with Gasteiger partial charge < -0.3 is 10.6 Å². The van der Waals surface area contributed by atoms with Gasteiger partial charge in [0.25, 0.3) is 0 Å². The number of halogens is 3. The number of rotatable bonds is 6. The number of alkyl halides is 3. The maximum Gasteiger partial charge on any atom is 0.401 e. The number of hydrogen-bond acceptors (Lipinski definition) is 3. The van der Waals surface area contributed by atoms with Gasteiger partial charge in [-0.2, -0.15) is 13.2 Å². The first-order valence-electron chi connectivity index (χ1n) is 5.79. The maximum absolute atomic E-state index is 11.9. The van der Waals surface area contributed by atoms with Crippen LogP contribution < -0.4 is 10.6 Å². The third-order valence-electron chi connectivity index (χ3n) is 2.53. The highest BCUT2D eigenvalue weighted by atomic mass is 32.1. The van der Waals surface area contributed by atoms with Crippen molar-refractivity contribution in [1.29, 1.82) is 0 Å². The van der Waals surface area contributed by atoms with E-state index in [1.165, 1.54) is 0 Å². The zero-order valence-corrected chi connectivity index (χ0v) is 11.6. The van der Waals surface area contributed by atoms with Gasteiger partial charge in [-0.05, 0) is 11.4 Å². The first kappa shape index (κ1) is 16.0. The molecule has 0 aliphatic rings. The van der Waals surface area contributed by atoms with Crippen molar-refractivity contribution in [3.05, 3.63) is 22.4 Å². The number of hydrogen-bond donors (Lipinski definition) is 2. The Labute approximate surface area is 114 Å². The van der Waals surface area contributed by atoms with E-state index in [0.717, 1.165) is 4.88 Å². The molecule has 2 N–H and O–H groups in total. The van der Waals surface area contributed by atoms with E-state index in [2.05, 4.69) is 10.6 Å².